The van der Waals surface area contributed by atoms with Gasteiger partial charge in [-0.1, -0.05) is 6.92 Å². The molecule has 0 spiro atoms. The van der Waals surface area contributed by atoms with Gasteiger partial charge in [0.2, 0.25) is 0 Å². The molecule has 0 aliphatic carbocycles. The Hall–Kier alpha value is -0.560. The number of ether oxygens (including phenoxy) is 1. The summed E-state index contributed by atoms with van der Waals surface area (Å²) >= 11 is 5.27. The topological polar surface area (TPSA) is 135 Å². The minimum Gasteiger partial charge on any atom is -0.434 e. The van der Waals surface area contributed by atoms with Crippen molar-refractivity contribution in [2.75, 3.05) is 0 Å². The van der Waals surface area contributed by atoms with Crippen molar-refractivity contribution in [2.45, 2.75) is 29.4 Å². The molecule has 0 aliphatic heterocycles. The van der Waals surface area contributed by atoms with Crippen LogP contribution in [0.1, 0.15) is 13.3 Å². The quantitative estimate of drug-likeness (QED) is 0.396. The van der Waals surface area contributed by atoms with E-state index in [1.807, 2.05) is 0 Å². The number of rotatable bonds is 6. The molecule has 0 heterocycles. The monoisotopic (exact) mass is 346 g/mol. The van der Waals surface area contributed by atoms with Gasteiger partial charge in [0, 0.05) is 0 Å². The Labute approximate surface area is 112 Å². The van der Waals surface area contributed by atoms with E-state index in [9.17, 15) is 30.4 Å². The average Bonchev–Trinajstić information content (AvgIpc) is 2.20. The highest BCUT2D eigenvalue weighted by Gasteiger charge is 2.60. The summed E-state index contributed by atoms with van der Waals surface area (Å²) in [6.07, 6.45) is -0.143. The zero-order valence-electron chi connectivity index (χ0n) is 9.16. The minimum atomic E-state index is -6.26. The number of hydrogen-bond donors (Lipinski definition) is 2. The predicted octanol–water partition coefficient (Wildman–Crippen LogP) is 0.242. The molecule has 0 aromatic carbocycles. The fourth-order valence-electron chi connectivity index (χ4n) is 0.770. The second-order valence-electron chi connectivity index (χ2n) is 3.20. The van der Waals surface area contributed by atoms with Crippen LogP contribution < -0.4 is 0 Å². The number of halogens is 3. The lowest BCUT2D eigenvalue weighted by Crippen LogP contribution is -2.49. The van der Waals surface area contributed by atoms with Gasteiger partial charge in [-0.15, -0.1) is 11.6 Å². The summed E-state index contributed by atoms with van der Waals surface area (Å²) in [6, 6.07) is 0. The number of carbonyl (C=O) groups is 1. The van der Waals surface area contributed by atoms with Crippen LogP contribution in [0.5, 0.6) is 0 Å². The minimum absolute atomic E-state index is 0.143. The molecule has 0 aromatic heterocycles. The van der Waals surface area contributed by atoms with Crippen LogP contribution in [0.4, 0.5) is 8.78 Å². The van der Waals surface area contributed by atoms with Crippen molar-refractivity contribution in [3.63, 3.8) is 0 Å². The summed E-state index contributed by atoms with van der Waals surface area (Å²) in [5.74, 6) is -1.70. The SMILES string of the molecule is CCC(Cl)C(=O)OC(C(F)(F)S(=O)(=O)O)S(=O)(=O)O. The molecule has 0 saturated heterocycles. The molecule has 19 heavy (non-hydrogen) atoms. The van der Waals surface area contributed by atoms with Gasteiger partial charge >= 0.3 is 36.9 Å². The van der Waals surface area contributed by atoms with Crippen LogP contribution >= 0.6 is 11.6 Å². The maximum absolute atomic E-state index is 13.1. The van der Waals surface area contributed by atoms with Gasteiger partial charge in [0.05, 0.1) is 0 Å². The molecule has 0 bridgehead atoms. The predicted molar refractivity (Wildman–Crippen MR) is 57.9 cm³/mol. The van der Waals surface area contributed by atoms with Crippen molar-refractivity contribution in [3.8, 4) is 0 Å². The van der Waals surface area contributed by atoms with E-state index in [4.69, 9.17) is 20.7 Å². The second-order valence-corrected chi connectivity index (χ2v) is 6.68. The van der Waals surface area contributed by atoms with Crippen LogP contribution in [-0.4, -0.2) is 48.0 Å². The summed E-state index contributed by atoms with van der Waals surface area (Å²) < 4.78 is 88.6. The van der Waals surface area contributed by atoms with Gasteiger partial charge in [0.1, 0.15) is 5.38 Å². The molecule has 114 valence electrons. The maximum Gasteiger partial charge on any atom is 0.422 e. The standard InChI is InChI=1S/C6H9ClF2O8S2/c1-2-3(7)4(10)17-5(18(11,12)13)6(8,9)19(14,15)16/h3,5H,2H2,1H3,(H,11,12,13)(H,14,15,16). The van der Waals surface area contributed by atoms with E-state index in [-0.39, 0.29) is 6.42 Å². The number of hydrogen-bond acceptors (Lipinski definition) is 6. The fourth-order valence-corrected chi connectivity index (χ4v) is 2.41. The number of alkyl halides is 3. The maximum atomic E-state index is 13.1. The first-order chi connectivity index (χ1) is 8.25. The Balaban J connectivity index is 5.59. The van der Waals surface area contributed by atoms with E-state index in [0.717, 1.165) is 0 Å². The third kappa shape index (κ3) is 4.49. The van der Waals surface area contributed by atoms with Crippen LogP contribution in [-0.2, 0) is 29.8 Å². The summed E-state index contributed by atoms with van der Waals surface area (Å²) in [4.78, 5) is 11.1. The van der Waals surface area contributed by atoms with Crippen molar-refractivity contribution in [2.24, 2.45) is 0 Å². The van der Waals surface area contributed by atoms with Crippen LogP contribution in [0.2, 0.25) is 0 Å². The zero-order chi connectivity index (χ0) is 15.6. The van der Waals surface area contributed by atoms with Crippen molar-refractivity contribution in [1.82, 2.24) is 0 Å². The van der Waals surface area contributed by atoms with E-state index in [1.54, 1.807) is 0 Å². The Morgan fingerprint density at radius 3 is 2.00 bits per heavy atom. The summed E-state index contributed by atoms with van der Waals surface area (Å²) in [7, 11) is -12.1. The third-order valence-corrected chi connectivity index (χ3v) is 4.20. The number of carbonyl (C=O) groups excluding carboxylic acids is 1. The molecular formula is C6H9ClF2O8S2. The van der Waals surface area contributed by atoms with Crippen molar-refractivity contribution >= 4 is 37.8 Å². The molecule has 0 aliphatic rings. The van der Waals surface area contributed by atoms with Gasteiger partial charge < -0.3 is 4.74 Å². The molecule has 13 heteroatoms. The van der Waals surface area contributed by atoms with E-state index in [2.05, 4.69) is 4.74 Å². The lowest BCUT2D eigenvalue weighted by Gasteiger charge is -2.22. The first-order valence-corrected chi connectivity index (χ1v) is 7.78. The first-order valence-electron chi connectivity index (χ1n) is 4.40. The summed E-state index contributed by atoms with van der Waals surface area (Å²) in [5.41, 5.74) is -3.82. The fraction of sp³-hybridized carbons (Fsp3) is 0.833. The summed E-state index contributed by atoms with van der Waals surface area (Å²) in [5, 5.41) is -7.00. The highest BCUT2D eigenvalue weighted by Crippen LogP contribution is 2.31. The Kier molecular flexibility index (Phi) is 5.66. The molecule has 0 aromatic rings. The van der Waals surface area contributed by atoms with Gasteiger partial charge in [-0.05, 0) is 6.42 Å². The average molecular weight is 347 g/mol. The molecular weight excluding hydrogens is 338 g/mol. The lowest BCUT2D eigenvalue weighted by atomic mass is 10.3. The molecule has 2 N–H and O–H groups in total. The van der Waals surface area contributed by atoms with Gasteiger partial charge in [0.25, 0.3) is 0 Å². The zero-order valence-corrected chi connectivity index (χ0v) is 11.5. The lowest BCUT2D eigenvalue weighted by molar-refractivity contribution is -0.153. The molecule has 0 amide bonds. The van der Waals surface area contributed by atoms with E-state index < -0.39 is 42.3 Å². The first kappa shape index (κ1) is 18.4. The second kappa shape index (κ2) is 5.83. The number of esters is 1. The van der Waals surface area contributed by atoms with E-state index in [0.29, 0.717) is 0 Å². The molecule has 8 nitrogen and oxygen atoms in total. The van der Waals surface area contributed by atoms with Gasteiger partial charge in [0.15, 0.2) is 0 Å². The Morgan fingerprint density at radius 2 is 1.74 bits per heavy atom. The van der Waals surface area contributed by atoms with Crippen molar-refractivity contribution in [3.05, 3.63) is 0 Å². The smallest absolute Gasteiger partial charge is 0.422 e. The van der Waals surface area contributed by atoms with Gasteiger partial charge in [-0.2, -0.15) is 25.6 Å². The summed E-state index contributed by atoms with van der Waals surface area (Å²) in [6.45, 7) is 1.32. The highest BCUT2D eigenvalue weighted by atomic mass is 35.5. The Bertz CT molecular complexity index is 542. The Morgan fingerprint density at radius 1 is 1.32 bits per heavy atom. The molecule has 2 atom stereocenters. The van der Waals surface area contributed by atoms with Crippen LogP contribution in [0.25, 0.3) is 0 Å². The van der Waals surface area contributed by atoms with Crippen molar-refractivity contribution in [1.29, 1.82) is 0 Å². The van der Waals surface area contributed by atoms with E-state index >= 15 is 0 Å². The molecule has 0 rings (SSSR count). The highest BCUT2D eigenvalue weighted by molar-refractivity contribution is 7.90. The third-order valence-electron chi connectivity index (χ3n) is 1.73. The largest absolute Gasteiger partial charge is 0.434 e. The molecule has 0 fully saturated rings. The molecule has 0 saturated carbocycles. The van der Waals surface area contributed by atoms with Gasteiger partial charge in [-0.25, -0.2) is 0 Å². The van der Waals surface area contributed by atoms with Crippen LogP contribution in [0.3, 0.4) is 0 Å². The normalized spacial score (nSPS) is 16.7. The van der Waals surface area contributed by atoms with Gasteiger partial charge in [-0.3, -0.25) is 13.9 Å². The molecule has 0 radical (unpaired) electrons. The van der Waals surface area contributed by atoms with E-state index in [1.165, 1.54) is 6.92 Å². The van der Waals surface area contributed by atoms with Crippen molar-refractivity contribution < 1.29 is 44.3 Å². The van der Waals surface area contributed by atoms with Crippen LogP contribution in [0.15, 0.2) is 0 Å². The van der Waals surface area contributed by atoms with Crippen LogP contribution in [0, 0.1) is 0 Å². The molecule has 2 unspecified atom stereocenters.